The molecule has 2 N–H and O–H groups in total. The lowest BCUT2D eigenvalue weighted by Crippen LogP contribution is -1.93. The lowest BCUT2D eigenvalue weighted by atomic mass is 10.2. The number of hydrogen-bond donors (Lipinski definition) is 1. The van der Waals surface area contributed by atoms with Gasteiger partial charge in [-0.15, -0.1) is 0 Å². The number of rotatable bonds is 2. The molecule has 19 heavy (non-hydrogen) atoms. The third kappa shape index (κ3) is 4.10. The number of benzene rings is 2. The van der Waals surface area contributed by atoms with Crippen LogP contribution in [-0.4, -0.2) is 6.61 Å². The molecular formula is C15H11Cl2NO. The molecule has 0 unspecified atom stereocenters. The van der Waals surface area contributed by atoms with E-state index >= 15 is 0 Å². The molecule has 0 aliphatic rings. The Balaban J connectivity index is 1.93. The molecule has 0 aliphatic carbocycles. The molecule has 0 aromatic heterocycles. The van der Waals surface area contributed by atoms with Crippen molar-refractivity contribution >= 4 is 28.9 Å². The molecular weight excluding hydrogens is 281 g/mol. The highest BCUT2D eigenvalue weighted by Crippen LogP contribution is 2.26. The second kappa shape index (κ2) is 6.38. The second-order valence-electron chi connectivity index (χ2n) is 3.79. The number of ether oxygens (including phenoxy) is 1. The summed E-state index contributed by atoms with van der Waals surface area (Å²) >= 11 is 11.7. The van der Waals surface area contributed by atoms with Crippen molar-refractivity contribution in [3.8, 4) is 17.6 Å². The first kappa shape index (κ1) is 13.6. The van der Waals surface area contributed by atoms with Crippen molar-refractivity contribution < 1.29 is 4.74 Å². The van der Waals surface area contributed by atoms with Gasteiger partial charge in [-0.05, 0) is 36.4 Å². The summed E-state index contributed by atoms with van der Waals surface area (Å²) < 4.78 is 5.45. The summed E-state index contributed by atoms with van der Waals surface area (Å²) in [6.07, 6.45) is 0. The number of halogens is 2. The van der Waals surface area contributed by atoms with E-state index in [4.69, 9.17) is 33.7 Å². The molecule has 4 heteroatoms. The van der Waals surface area contributed by atoms with Crippen LogP contribution in [0, 0.1) is 11.8 Å². The Labute approximate surface area is 122 Å². The number of hydrogen-bond acceptors (Lipinski definition) is 2. The molecule has 96 valence electrons. The lowest BCUT2D eigenvalue weighted by Gasteiger charge is -2.02. The highest BCUT2D eigenvalue weighted by Gasteiger charge is 1.99. The highest BCUT2D eigenvalue weighted by molar-refractivity contribution is 6.42. The van der Waals surface area contributed by atoms with Crippen LogP contribution in [-0.2, 0) is 0 Å². The minimum atomic E-state index is 0.280. The largest absolute Gasteiger partial charge is 0.481 e. The van der Waals surface area contributed by atoms with Crippen LogP contribution in [0.2, 0.25) is 10.0 Å². The Morgan fingerprint density at radius 3 is 2.42 bits per heavy atom. The normalized spacial score (nSPS) is 9.58. The molecule has 2 nitrogen and oxygen atoms in total. The zero-order chi connectivity index (χ0) is 13.7. The molecule has 0 heterocycles. The van der Waals surface area contributed by atoms with E-state index in [1.54, 1.807) is 18.2 Å². The van der Waals surface area contributed by atoms with Crippen LogP contribution in [0.5, 0.6) is 5.75 Å². The summed E-state index contributed by atoms with van der Waals surface area (Å²) in [5.74, 6) is 6.53. The Morgan fingerprint density at radius 1 is 1.00 bits per heavy atom. The SMILES string of the molecule is Nc1ccc(C#CCOc2ccc(Cl)c(Cl)c2)cc1. The molecule has 2 rings (SSSR count). The molecule has 0 atom stereocenters. The highest BCUT2D eigenvalue weighted by atomic mass is 35.5. The number of nitrogen functional groups attached to an aromatic ring is 1. The molecule has 0 spiro atoms. The molecule has 2 aromatic rings. The lowest BCUT2D eigenvalue weighted by molar-refractivity contribution is 0.370. The standard InChI is InChI=1S/C15H11Cl2NO/c16-14-8-7-13(10-15(14)17)19-9-1-2-11-3-5-12(18)6-4-11/h3-8,10H,9,18H2. The predicted molar refractivity (Wildman–Crippen MR) is 79.7 cm³/mol. The van der Waals surface area contributed by atoms with E-state index in [9.17, 15) is 0 Å². The first-order valence-electron chi connectivity index (χ1n) is 5.57. The van der Waals surface area contributed by atoms with Gasteiger partial charge in [-0.2, -0.15) is 0 Å². The van der Waals surface area contributed by atoms with Crippen LogP contribution in [0.15, 0.2) is 42.5 Å². The molecule has 0 fully saturated rings. The van der Waals surface area contributed by atoms with Crippen LogP contribution in [0.25, 0.3) is 0 Å². The molecule has 0 saturated carbocycles. The molecule has 2 aromatic carbocycles. The van der Waals surface area contributed by atoms with E-state index in [0.717, 1.165) is 11.3 Å². The second-order valence-corrected chi connectivity index (χ2v) is 4.60. The van der Waals surface area contributed by atoms with Gasteiger partial charge in [0, 0.05) is 17.3 Å². The topological polar surface area (TPSA) is 35.2 Å². The number of nitrogens with two attached hydrogens (primary N) is 1. The Morgan fingerprint density at radius 2 is 1.74 bits per heavy atom. The van der Waals surface area contributed by atoms with Gasteiger partial charge in [0.15, 0.2) is 0 Å². The van der Waals surface area contributed by atoms with Crippen LogP contribution in [0.1, 0.15) is 5.56 Å². The van der Waals surface area contributed by atoms with Gasteiger partial charge in [0.2, 0.25) is 0 Å². The minimum Gasteiger partial charge on any atom is -0.481 e. The van der Waals surface area contributed by atoms with E-state index in [1.165, 1.54) is 0 Å². The van der Waals surface area contributed by atoms with Gasteiger partial charge in [-0.3, -0.25) is 0 Å². The van der Waals surface area contributed by atoms with Gasteiger partial charge in [-0.25, -0.2) is 0 Å². The van der Waals surface area contributed by atoms with Crippen molar-refractivity contribution in [2.45, 2.75) is 0 Å². The maximum absolute atomic E-state index is 5.88. The quantitative estimate of drug-likeness (QED) is 0.670. The van der Waals surface area contributed by atoms with Gasteiger partial charge >= 0.3 is 0 Å². The van der Waals surface area contributed by atoms with Crippen molar-refractivity contribution in [2.75, 3.05) is 12.3 Å². The van der Waals surface area contributed by atoms with Gasteiger partial charge in [0.05, 0.1) is 10.0 Å². The average Bonchev–Trinajstić information content (AvgIpc) is 2.41. The van der Waals surface area contributed by atoms with Crippen LogP contribution >= 0.6 is 23.2 Å². The summed E-state index contributed by atoms with van der Waals surface area (Å²) in [6, 6.07) is 12.4. The first-order chi connectivity index (χ1) is 9.15. The summed E-state index contributed by atoms with van der Waals surface area (Å²) in [6.45, 7) is 0.280. The molecule has 0 amide bonds. The molecule has 0 radical (unpaired) electrons. The Kier molecular flexibility index (Phi) is 4.57. The van der Waals surface area contributed by atoms with Crippen molar-refractivity contribution in [1.29, 1.82) is 0 Å². The van der Waals surface area contributed by atoms with Crippen LogP contribution in [0.3, 0.4) is 0 Å². The fourth-order valence-electron chi connectivity index (χ4n) is 1.39. The Bertz CT molecular complexity index is 627. The van der Waals surface area contributed by atoms with E-state index in [-0.39, 0.29) is 6.61 Å². The molecule has 0 bridgehead atoms. The summed E-state index contributed by atoms with van der Waals surface area (Å²) in [5.41, 5.74) is 7.20. The maximum atomic E-state index is 5.88. The van der Waals surface area contributed by atoms with Crippen molar-refractivity contribution in [3.63, 3.8) is 0 Å². The van der Waals surface area contributed by atoms with Gasteiger partial charge in [0.25, 0.3) is 0 Å². The van der Waals surface area contributed by atoms with Crippen molar-refractivity contribution in [2.24, 2.45) is 0 Å². The average molecular weight is 292 g/mol. The third-order valence-electron chi connectivity index (χ3n) is 2.35. The van der Waals surface area contributed by atoms with Crippen molar-refractivity contribution in [1.82, 2.24) is 0 Å². The zero-order valence-electron chi connectivity index (χ0n) is 9.99. The first-order valence-corrected chi connectivity index (χ1v) is 6.33. The summed E-state index contributed by atoms with van der Waals surface area (Å²) in [7, 11) is 0. The van der Waals surface area contributed by atoms with Gasteiger partial charge < -0.3 is 10.5 Å². The van der Waals surface area contributed by atoms with E-state index in [2.05, 4.69) is 11.8 Å². The van der Waals surface area contributed by atoms with Crippen LogP contribution in [0.4, 0.5) is 5.69 Å². The molecule has 0 saturated heterocycles. The monoisotopic (exact) mass is 291 g/mol. The van der Waals surface area contributed by atoms with E-state index < -0.39 is 0 Å². The third-order valence-corrected chi connectivity index (χ3v) is 3.08. The van der Waals surface area contributed by atoms with Gasteiger partial charge in [-0.1, -0.05) is 35.0 Å². The van der Waals surface area contributed by atoms with E-state index in [1.807, 2.05) is 24.3 Å². The zero-order valence-corrected chi connectivity index (χ0v) is 11.5. The van der Waals surface area contributed by atoms with Gasteiger partial charge in [0.1, 0.15) is 12.4 Å². The maximum Gasteiger partial charge on any atom is 0.149 e. The Hall–Kier alpha value is -1.82. The predicted octanol–water partition coefficient (Wildman–Crippen LogP) is 4.01. The fourth-order valence-corrected chi connectivity index (χ4v) is 1.68. The minimum absolute atomic E-state index is 0.280. The van der Waals surface area contributed by atoms with E-state index in [0.29, 0.717) is 15.8 Å². The smallest absolute Gasteiger partial charge is 0.149 e. The number of anilines is 1. The fraction of sp³-hybridized carbons (Fsp3) is 0.0667. The van der Waals surface area contributed by atoms with Crippen molar-refractivity contribution in [3.05, 3.63) is 58.1 Å². The summed E-state index contributed by atoms with van der Waals surface area (Å²) in [4.78, 5) is 0. The molecule has 0 aliphatic heterocycles. The van der Waals surface area contributed by atoms with Crippen LogP contribution < -0.4 is 10.5 Å². The summed E-state index contributed by atoms with van der Waals surface area (Å²) in [5, 5.41) is 0.965.